The van der Waals surface area contributed by atoms with Crippen LogP contribution < -0.4 is 10.6 Å². The van der Waals surface area contributed by atoms with Crippen molar-refractivity contribution >= 4 is 29.8 Å². The van der Waals surface area contributed by atoms with Gasteiger partial charge >= 0.3 is 5.92 Å². The Kier molecular flexibility index (Phi) is 15.5. The van der Waals surface area contributed by atoms with Gasteiger partial charge in [-0.3, -0.25) is 19.2 Å². The quantitative estimate of drug-likeness (QED) is 0.490. The molecule has 9 nitrogen and oxygen atoms in total. The van der Waals surface area contributed by atoms with Crippen molar-refractivity contribution in [1.82, 2.24) is 15.1 Å². The molecule has 1 heterocycles. The fourth-order valence-corrected chi connectivity index (χ4v) is 3.06. The SMILES string of the molecule is CC(C)C.CCC(F)(F)C(=O)NC(C)C.CN(C=O)CC(=O)N1CC(C(=O)Nc2ccccc2)CC1C#N. The predicted molar refractivity (Wildman–Crippen MR) is 142 cm³/mol. The molecule has 1 aliphatic rings. The molecule has 0 saturated carbocycles. The summed E-state index contributed by atoms with van der Waals surface area (Å²) in [4.78, 5) is 48.3. The maximum absolute atomic E-state index is 12.5. The second-order valence-corrected chi connectivity index (χ2v) is 9.92. The molecule has 38 heavy (non-hydrogen) atoms. The Morgan fingerprint density at radius 1 is 1.18 bits per heavy atom. The Morgan fingerprint density at radius 3 is 2.18 bits per heavy atom. The molecule has 4 amide bonds. The molecule has 1 aromatic rings. The first-order valence-corrected chi connectivity index (χ1v) is 12.6. The summed E-state index contributed by atoms with van der Waals surface area (Å²) in [5, 5.41) is 14.1. The minimum atomic E-state index is -3.22. The summed E-state index contributed by atoms with van der Waals surface area (Å²) in [6, 6.07) is 10.2. The van der Waals surface area contributed by atoms with Crippen molar-refractivity contribution in [2.75, 3.05) is 25.5 Å². The lowest BCUT2D eigenvalue weighted by atomic mass is 10.1. The molecule has 2 atom stereocenters. The fraction of sp³-hybridized carbons (Fsp3) is 0.593. The summed E-state index contributed by atoms with van der Waals surface area (Å²) >= 11 is 0. The smallest absolute Gasteiger partial charge is 0.324 e. The second-order valence-electron chi connectivity index (χ2n) is 9.92. The van der Waals surface area contributed by atoms with E-state index in [0.717, 1.165) is 5.92 Å². The molecule has 0 radical (unpaired) electrons. The van der Waals surface area contributed by atoms with E-state index in [1.54, 1.807) is 26.0 Å². The van der Waals surface area contributed by atoms with Crippen LogP contribution in [-0.4, -0.2) is 72.1 Å². The molecule has 1 aliphatic heterocycles. The zero-order valence-electron chi connectivity index (χ0n) is 23.3. The molecular formula is C27H41F2N5O4. The third-order valence-electron chi connectivity index (χ3n) is 4.94. The Bertz CT molecular complexity index is 932. The summed E-state index contributed by atoms with van der Waals surface area (Å²) < 4.78 is 25.0. The van der Waals surface area contributed by atoms with E-state index in [-0.39, 0.29) is 30.9 Å². The van der Waals surface area contributed by atoms with Gasteiger partial charge in [0.1, 0.15) is 6.04 Å². The van der Waals surface area contributed by atoms with Crippen LogP contribution in [0.1, 0.15) is 54.4 Å². The van der Waals surface area contributed by atoms with Crippen molar-refractivity contribution in [3.05, 3.63) is 30.3 Å². The summed E-state index contributed by atoms with van der Waals surface area (Å²) in [5.41, 5.74) is 0.677. The van der Waals surface area contributed by atoms with Crippen LogP contribution >= 0.6 is 0 Å². The molecule has 0 aliphatic carbocycles. The van der Waals surface area contributed by atoms with Crippen LogP contribution in [0.5, 0.6) is 0 Å². The van der Waals surface area contributed by atoms with E-state index < -0.39 is 30.2 Å². The number of benzene rings is 1. The van der Waals surface area contributed by atoms with E-state index in [2.05, 4.69) is 37.5 Å². The molecule has 1 fully saturated rings. The highest BCUT2D eigenvalue weighted by Gasteiger charge is 2.39. The van der Waals surface area contributed by atoms with E-state index >= 15 is 0 Å². The molecule has 0 aromatic heterocycles. The zero-order chi connectivity index (χ0) is 29.5. The lowest BCUT2D eigenvalue weighted by Gasteiger charge is -2.21. The summed E-state index contributed by atoms with van der Waals surface area (Å²) in [7, 11) is 1.49. The number of alkyl halides is 2. The number of hydrogen-bond donors (Lipinski definition) is 2. The van der Waals surface area contributed by atoms with E-state index in [9.17, 15) is 33.2 Å². The van der Waals surface area contributed by atoms with E-state index in [1.165, 1.54) is 23.8 Å². The van der Waals surface area contributed by atoms with Gasteiger partial charge in [0.15, 0.2) is 0 Å². The van der Waals surface area contributed by atoms with Gasteiger partial charge in [-0.05, 0) is 38.3 Å². The van der Waals surface area contributed by atoms with Gasteiger partial charge in [-0.15, -0.1) is 0 Å². The van der Waals surface area contributed by atoms with Crippen LogP contribution in [0.2, 0.25) is 0 Å². The standard InChI is InChI=1S/C16H18N4O3.C7H13F2NO.C4H10/c1-19(11-21)10-15(22)20-9-12(7-14(20)8-17)16(23)18-13-5-3-2-4-6-13;1-4-7(8,9)6(11)10-5(2)3;1-4(2)3/h2-6,11-12,14H,7,9-10H2,1H3,(H,18,23);5H,4H2,1-3H3,(H,10,11);4H,1-3H3. The maximum Gasteiger partial charge on any atom is 0.324 e. The monoisotopic (exact) mass is 537 g/mol. The first-order chi connectivity index (χ1) is 17.7. The predicted octanol–water partition coefficient (Wildman–Crippen LogP) is 3.67. The van der Waals surface area contributed by atoms with Gasteiger partial charge < -0.3 is 20.4 Å². The number of amides is 4. The topological polar surface area (TPSA) is 123 Å². The van der Waals surface area contributed by atoms with Gasteiger partial charge in [0.05, 0.1) is 18.5 Å². The Labute approximate surface area is 224 Å². The Hall–Kier alpha value is -3.55. The molecular weight excluding hydrogens is 496 g/mol. The summed E-state index contributed by atoms with van der Waals surface area (Å²) in [6.45, 7) is 11.1. The normalized spacial score (nSPS) is 16.3. The maximum atomic E-state index is 12.5. The van der Waals surface area contributed by atoms with Crippen LogP contribution in [-0.2, 0) is 19.2 Å². The highest BCUT2D eigenvalue weighted by atomic mass is 19.3. The number of anilines is 1. The van der Waals surface area contributed by atoms with Crippen molar-refractivity contribution in [1.29, 1.82) is 5.26 Å². The van der Waals surface area contributed by atoms with Crippen LogP contribution in [0.25, 0.3) is 0 Å². The second kappa shape index (κ2) is 17.1. The summed E-state index contributed by atoms with van der Waals surface area (Å²) in [6.07, 6.45) is 0.395. The number of nitrogens with one attached hydrogen (secondary N) is 2. The molecule has 212 valence electrons. The van der Waals surface area contributed by atoms with E-state index in [0.29, 0.717) is 18.5 Å². The number of nitrogens with zero attached hydrogens (tertiary/aromatic N) is 3. The fourth-order valence-electron chi connectivity index (χ4n) is 3.06. The molecule has 1 aromatic carbocycles. The minimum Gasteiger partial charge on any atom is -0.349 e. The lowest BCUT2D eigenvalue weighted by molar-refractivity contribution is -0.146. The molecule has 2 N–H and O–H groups in total. The Morgan fingerprint density at radius 2 is 1.74 bits per heavy atom. The van der Waals surface area contributed by atoms with Crippen LogP contribution in [0.4, 0.5) is 14.5 Å². The van der Waals surface area contributed by atoms with Gasteiger partial charge in [0, 0.05) is 31.7 Å². The van der Waals surface area contributed by atoms with Gasteiger partial charge in [-0.25, -0.2) is 0 Å². The number of rotatable bonds is 8. The Balaban J connectivity index is 0.000000762. The first kappa shape index (κ1) is 34.5. The number of carbonyl (C=O) groups is 4. The number of carbonyl (C=O) groups excluding carboxylic acids is 4. The molecule has 0 spiro atoms. The highest BCUT2D eigenvalue weighted by Crippen LogP contribution is 2.24. The average Bonchev–Trinajstić information content (AvgIpc) is 3.29. The average molecular weight is 538 g/mol. The number of likely N-dealkylation sites (N-methyl/N-ethyl adjacent to an activating group) is 1. The van der Waals surface area contributed by atoms with Crippen LogP contribution in [0.3, 0.4) is 0 Å². The van der Waals surface area contributed by atoms with Crippen molar-refractivity contribution in [2.45, 2.75) is 72.4 Å². The van der Waals surface area contributed by atoms with Gasteiger partial charge in [-0.1, -0.05) is 45.9 Å². The molecule has 1 saturated heterocycles. The molecule has 2 rings (SSSR count). The van der Waals surface area contributed by atoms with Gasteiger partial charge in [0.25, 0.3) is 5.91 Å². The zero-order valence-corrected chi connectivity index (χ0v) is 23.3. The molecule has 11 heteroatoms. The summed E-state index contributed by atoms with van der Waals surface area (Å²) in [5.74, 6) is -4.55. The number of hydrogen-bond acceptors (Lipinski definition) is 5. The van der Waals surface area contributed by atoms with Crippen molar-refractivity contribution < 1.29 is 28.0 Å². The number of nitriles is 1. The first-order valence-electron chi connectivity index (χ1n) is 12.6. The number of likely N-dealkylation sites (tertiary alicyclic amines) is 1. The molecule has 0 bridgehead atoms. The highest BCUT2D eigenvalue weighted by molar-refractivity contribution is 5.93. The third-order valence-corrected chi connectivity index (χ3v) is 4.94. The van der Waals surface area contributed by atoms with E-state index in [4.69, 9.17) is 0 Å². The number of halogens is 2. The lowest BCUT2D eigenvalue weighted by Crippen LogP contribution is -2.42. The van der Waals surface area contributed by atoms with Crippen molar-refractivity contribution in [3.8, 4) is 6.07 Å². The van der Waals surface area contributed by atoms with Crippen LogP contribution in [0.15, 0.2) is 30.3 Å². The van der Waals surface area contributed by atoms with Gasteiger partial charge in [0.2, 0.25) is 18.2 Å². The largest absolute Gasteiger partial charge is 0.349 e. The van der Waals surface area contributed by atoms with E-state index in [1.807, 2.05) is 18.2 Å². The van der Waals surface area contributed by atoms with Crippen LogP contribution in [0, 0.1) is 23.2 Å². The van der Waals surface area contributed by atoms with Gasteiger partial charge in [-0.2, -0.15) is 14.0 Å². The van der Waals surface area contributed by atoms with Crippen molar-refractivity contribution in [3.63, 3.8) is 0 Å². The third kappa shape index (κ3) is 13.1. The van der Waals surface area contributed by atoms with Crippen molar-refractivity contribution in [2.24, 2.45) is 11.8 Å². The molecule has 2 unspecified atom stereocenters. The minimum absolute atomic E-state index is 0.102. The number of para-hydroxylation sites is 1.